The van der Waals surface area contributed by atoms with Gasteiger partial charge >= 0.3 is 18.1 Å². The molecule has 0 bridgehead atoms. The van der Waals surface area contributed by atoms with Gasteiger partial charge in [-0.15, -0.1) is 0 Å². The average Bonchev–Trinajstić information content (AvgIpc) is 3.31. The number of unbranched alkanes of at least 4 members (excludes halogenated alkanes) is 1. The minimum Gasteiger partial charge on any atom is -0.494 e. The molecule has 3 aromatic rings. The number of hydrogen-bond acceptors (Lipinski definition) is 7. The summed E-state index contributed by atoms with van der Waals surface area (Å²) in [6, 6.07) is 8.17. The Bertz CT molecular complexity index is 1470. The van der Waals surface area contributed by atoms with E-state index in [-0.39, 0.29) is 23.7 Å². The number of ether oxygens (including phenoxy) is 1. The normalized spacial score (nSPS) is 12.5. The summed E-state index contributed by atoms with van der Waals surface area (Å²) < 4.78 is 66.6. The number of aryl methyl sites for hydroxylation is 2. The number of sulfonamides is 1. The largest absolute Gasteiger partial charge is 0.494 e. The first-order chi connectivity index (χ1) is 19.3. The lowest BCUT2D eigenvalue weighted by molar-refractivity contribution is -0.192. The fourth-order valence-electron chi connectivity index (χ4n) is 4.04. The molecule has 0 amide bonds. The average molecular weight is 599 g/mol. The number of fused-ring (bicyclic) bond motifs is 3. The second-order valence-corrected chi connectivity index (χ2v) is 10.7. The molecular weight excluding hydrogens is 569 g/mol. The van der Waals surface area contributed by atoms with Crippen molar-refractivity contribution in [3.8, 4) is 17.0 Å². The summed E-state index contributed by atoms with van der Waals surface area (Å²) >= 11 is 0. The van der Waals surface area contributed by atoms with Crippen LogP contribution in [-0.4, -0.2) is 64.7 Å². The van der Waals surface area contributed by atoms with Crippen molar-refractivity contribution >= 4 is 22.0 Å². The first-order valence-corrected chi connectivity index (χ1v) is 14.1. The maximum Gasteiger partial charge on any atom is 0.490 e. The molecule has 4 rings (SSSR count). The van der Waals surface area contributed by atoms with Crippen molar-refractivity contribution < 1.29 is 46.1 Å². The molecule has 0 fully saturated rings. The zero-order chi connectivity index (χ0) is 30.2. The van der Waals surface area contributed by atoms with E-state index in [2.05, 4.69) is 21.7 Å². The van der Waals surface area contributed by atoms with Gasteiger partial charge in [0.05, 0.1) is 17.2 Å². The number of pyridine rings is 1. The van der Waals surface area contributed by atoms with Crippen LogP contribution in [0.2, 0.25) is 0 Å². The summed E-state index contributed by atoms with van der Waals surface area (Å²) in [5.74, 6) is -3.16. The number of alkyl halides is 3. The third kappa shape index (κ3) is 8.27. The van der Waals surface area contributed by atoms with E-state index < -0.39 is 28.1 Å². The van der Waals surface area contributed by atoms with Crippen molar-refractivity contribution in [2.45, 2.75) is 56.6 Å². The van der Waals surface area contributed by atoms with Gasteiger partial charge in [0.25, 0.3) is 0 Å². The number of nitrogens with one attached hydrogen (secondary N) is 1. The molecule has 2 aromatic heterocycles. The molecule has 41 heavy (non-hydrogen) atoms. The first-order valence-electron chi connectivity index (χ1n) is 12.6. The van der Waals surface area contributed by atoms with E-state index in [1.54, 1.807) is 24.5 Å². The van der Waals surface area contributed by atoms with Gasteiger partial charge in [0, 0.05) is 36.6 Å². The van der Waals surface area contributed by atoms with Gasteiger partial charge in [0.2, 0.25) is 10.0 Å². The number of hydrogen-bond donors (Lipinski definition) is 3. The maximum absolute atomic E-state index is 12.6. The molecule has 1 aromatic carbocycles. The molecule has 3 N–H and O–H groups in total. The van der Waals surface area contributed by atoms with E-state index >= 15 is 0 Å². The molecule has 0 spiro atoms. The van der Waals surface area contributed by atoms with Gasteiger partial charge in [-0.25, -0.2) is 22.7 Å². The van der Waals surface area contributed by atoms with E-state index in [1.807, 2.05) is 6.07 Å². The summed E-state index contributed by atoms with van der Waals surface area (Å²) in [6.45, 7) is 3.10. The highest BCUT2D eigenvalue weighted by atomic mass is 32.2. The lowest BCUT2D eigenvalue weighted by Crippen LogP contribution is -2.26. The summed E-state index contributed by atoms with van der Waals surface area (Å²) in [4.78, 5) is 25.2. The zero-order valence-corrected chi connectivity index (χ0v) is 22.8. The molecule has 11 nitrogen and oxygen atoms in total. The number of benzene rings is 1. The Kier molecular flexibility index (Phi) is 10.5. The Balaban J connectivity index is 0.000000587. The van der Waals surface area contributed by atoms with E-state index in [0.29, 0.717) is 42.9 Å². The fraction of sp³-hybridized carbons (Fsp3) is 0.385. The summed E-state index contributed by atoms with van der Waals surface area (Å²) in [6.07, 6.45) is 2.03. The molecule has 0 saturated carbocycles. The highest BCUT2D eigenvalue weighted by molar-refractivity contribution is 7.89. The number of carboxylic acids is 2. The summed E-state index contributed by atoms with van der Waals surface area (Å²) in [5, 5.41) is 21.5. The molecule has 222 valence electrons. The minimum atomic E-state index is -5.08. The smallest absolute Gasteiger partial charge is 0.490 e. The van der Waals surface area contributed by atoms with Crippen molar-refractivity contribution in [2.75, 3.05) is 13.2 Å². The molecule has 1 aliphatic rings. The summed E-state index contributed by atoms with van der Waals surface area (Å²) in [7, 11) is -3.68. The number of aromatic carboxylic acids is 1. The number of carbonyl (C=O) groups is 2. The molecular formula is C26H29F3N4O7S. The highest BCUT2D eigenvalue weighted by Crippen LogP contribution is 2.34. The van der Waals surface area contributed by atoms with Gasteiger partial charge in [-0.2, -0.15) is 18.3 Å². The Morgan fingerprint density at radius 3 is 2.39 bits per heavy atom. The molecule has 15 heteroatoms. The van der Waals surface area contributed by atoms with E-state index in [4.69, 9.17) is 14.6 Å². The van der Waals surface area contributed by atoms with Gasteiger partial charge in [-0.1, -0.05) is 13.3 Å². The van der Waals surface area contributed by atoms with Crippen molar-refractivity contribution in [3.05, 3.63) is 59.5 Å². The number of aliphatic carboxylic acids is 1. The quantitative estimate of drug-likeness (QED) is 0.278. The number of halogens is 3. The van der Waals surface area contributed by atoms with E-state index in [0.717, 1.165) is 24.0 Å². The first kappa shape index (κ1) is 31.5. The van der Waals surface area contributed by atoms with Crippen LogP contribution >= 0.6 is 0 Å². The van der Waals surface area contributed by atoms with Crippen molar-refractivity contribution in [3.63, 3.8) is 0 Å². The molecule has 0 aliphatic heterocycles. The monoisotopic (exact) mass is 598 g/mol. The molecule has 2 heterocycles. The molecule has 0 radical (unpaired) electrons. The van der Waals surface area contributed by atoms with Crippen LogP contribution in [0, 0.1) is 0 Å². The second-order valence-electron chi connectivity index (χ2n) is 8.96. The number of carboxylic acid groups (broad SMARTS) is 2. The summed E-state index contributed by atoms with van der Waals surface area (Å²) in [5.41, 5.74) is 3.50. The van der Waals surface area contributed by atoms with Crippen LogP contribution in [0.15, 0.2) is 47.6 Å². The van der Waals surface area contributed by atoms with Gasteiger partial charge in [0.1, 0.15) is 11.4 Å². The minimum absolute atomic E-state index is 0.154. The number of rotatable bonds is 11. The third-order valence-corrected chi connectivity index (χ3v) is 7.52. The lowest BCUT2D eigenvalue weighted by Gasteiger charge is -2.14. The van der Waals surface area contributed by atoms with Crippen molar-refractivity contribution in [1.29, 1.82) is 0 Å². The van der Waals surface area contributed by atoms with Gasteiger partial charge in [-0.05, 0) is 61.6 Å². The van der Waals surface area contributed by atoms with Crippen LogP contribution in [0.25, 0.3) is 11.3 Å². The molecule has 0 unspecified atom stereocenters. The van der Waals surface area contributed by atoms with Crippen LogP contribution in [-0.2, 0) is 34.2 Å². The Hall–Kier alpha value is -3.98. The van der Waals surface area contributed by atoms with E-state index in [1.165, 1.54) is 16.8 Å². The number of nitrogens with zero attached hydrogens (tertiary/aromatic N) is 3. The predicted molar refractivity (Wildman–Crippen MR) is 140 cm³/mol. The fourth-order valence-corrected chi connectivity index (χ4v) is 5.11. The zero-order valence-electron chi connectivity index (χ0n) is 22.0. The van der Waals surface area contributed by atoms with Crippen LogP contribution in [0.1, 0.15) is 47.8 Å². The Labute approximate surface area is 234 Å². The Morgan fingerprint density at radius 1 is 1.10 bits per heavy atom. The highest BCUT2D eigenvalue weighted by Gasteiger charge is 2.38. The van der Waals surface area contributed by atoms with Crippen LogP contribution < -0.4 is 9.46 Å². The van der Waals surface area contributed by atoms with E-state index in [9.17, 15) is 31.5 Å². The van der Waals surface area contributed by atoms with Gasteiger partial charge in [-0.3, -0.25) is 9.67 Å². The second kappa shape index (κ2) is 13.6. The van der Waals surface area contributed by atoms with Crippen LogP contribution in [0.3, 0.4) is 0 Å². The Morgan fingerprint density at radius 2 is 1.78 bits per heavy atom. The molecule has 0 atom stereocenters. The van der Waals surface area contributed by atoms with Gasteiger partial charge in [0.15, 0.2) is 0 Å². The predicted octanol–water partition coefficient (Wildman–Crippen LogP) is 3.92. The van der Waals surface area contributed by atoms with Crippen LogP contribution in [0.5, 0.6) is 5.75 Å². The molecule has 1 aliphatic carbocycles. The lowest BCUT2D eigenvalue weighted by atomic mass is 9.90. The number of aromatic nitrogens is 3. The molecule has 0 saturated heterocycles. The SMILES string of the molecule is CCCCOc1ccc(S(=O)(=O)NCCCn2nc3c(c2C(=O)O)CCc2cnccc2-3)cc1.O=C(O)C(F)(F)F. The van der Waals surface area contributed by atoms with Gasteiger partial charge < -0.3 is 14.9 Å². The topological polar surface area (TPSA) is 161 Å². The van der Waals surface area contributed by atoms with Crippen LogP contribution in [0.4, 0.5) is 13.2 Å². The third-order valence-electron chi connectivity index (χ3n) is 6.04. The maximum atomic E-state index is 12.6. The standard InChI is InChI=1S/C24H28N4O5S.C2HF3O2/c1-2-3-15-33-18-6-8-19(9-7-18)34(31,32)26-12-4-14-28-23(24(29)30)21-10-5-17-16-25-13-11-20(17)22(21)27-28;3-2(4,5)1(6)7/h6-9,11,13,16,26H,2-5,10,12,14-15H2,1H3,(H,29,30);(H,6,7). The van der Waals surface area contributed by atoms with Crippen molar-refractivity contribution in [2.24, 2.45) is 0 Å². The van der Waals surface area contributed by atoms with Crippen molar-refractivity contribution in [1.82, 2.24) is 19.5 Å².